The maximum Gasteiger partial charge on any atom is 0.410 e. The number of carbonyl (C=O) groups excluding carboxylic acids is 1. The smallest absolute Gasteiger partial charge is 0.410 e. The lowest BCUT2D eigenvalue weighted by Gasteiger charge is -2.29. The summed E-state index contributed by atoms with van der Waals surface area (Å²) in [5.74, 6) is 0. The van der Waals surface area contributed by atoms with Crippen molar-refractivity contribution in [3.8, 4) is 0 Å². The van der Waals surface area contributed by atoms with Crippen LogP contribution in [0.1, 0.15) is 32.8 Å². The first-order valence-electron chi connectivity index (χ1n) is 7.06. The standard InChI is InChI=1S/C16H22N2O2S/c1-16(2,3)20-15(19)18-9-7-12(8-10-18)13-5-6-14(21-4)17-11-13/h5-7,11H,8-10H2,1-4H3. The minimum Gasteiger partial charge on any atom is -0.444 e. The van der Waals surface area contributed by atoms with Crippen LogP contribution in [0.25, 0.3) is 5.57 Å². The number of hydrogen-bond acceptors (Lipinski definition) is 4. The van der Waals surface area contributed by atoms with E-state index in [-0.39, 0.29) is 6.09 Å². The van der Waals surface area contributed by atoms with Crippen LogP contribution in [-0.2, 0) is 4.74 Å². The van der Waals surface area contributed by atoms with Crippen LogP contribution in [0.4, 0.5) is 4.79 Å². The fourth-order valence-electron chi connectivity index (χ4n) is 2.11. The first-order chi connectivity index (χ1) is 9.89. The van der Waals surface area contributed by atoms with Crippen molar-refractivity contribution in [1.29, 1.82) is 0 Å². The van der Waals surface area contributed by atoms with E-state index in [0.717, 1.165) is 17.0 Å². The molecular formula is C16H22N2O2S. The maximum atomic E-state index is 12.0. The molecule has 0 atom stereocenters. The number of hydrogen-bond donors (Lipinski definition) is 0. The first-order valence-corrected chi connectivity index (χ1v) is 8.29. The molecule has 1 amide bonds. The molecule has 0 saturated carbocycles. The highest BCUT2D eigenvalue weighted by molar-refractivity contribution is 7.98. The quantitative estimate of drug-likeness (QED) is 0.779. The summed E-state index contributed by atoms with van der Waals surface area (Å²) in [5, 5.41) is 1.02. The molecule has 0 aromatic carbocycles. The lowest BCUT2D eigenvalue weighted by atomic mass is 10.0. The van der Waals surface area contributed by atoms with Gasteiger partial charge < -0.3 is 9.64 Å². The number of rotatable bonds is 2. The summed E-state index contributed by atoms with van der Waals surface area (Å²) in [6.07, 6.45) is 6.60. The van der Waals surface area contributed by atoms with Gasteiger partial charge in [-0.2, -0.15) is 0 Å². The van der Waals surface area contributed by atoms with E-state index >= 15 is 0 Å². The van der Waals surface area contributed by atoms with E-state index in [2.05, 4.69) is 17.1 Å². The summed E-state index contributed by atoms with van der Waals surface area (Å²) in [6.45, 7) is 6.93. The Labute approximate surface area is 130 Å². The second kappa shape index (κ2) is 6.52. The molecule has 1 aliphatic heterocycles. The predicted octanol–water partition coefficient (Wildman–Crippen LogP) is 3.83. The molecule has 1 aromatic rings. The Morgan fingerprint density at radius 3 is 2.62 bits per heavy atom. The van der Waals surface area contributed by atoms with E-state index in [0.29, 0.717) is 13.1 Å². The summed E-state index contributed by atoms with van der Waals surface area (Å²) >= 11 is 1.63. The van der Waals surface area contributed by atoms with Crippen molar-refractivity contribution in [2.45, 2.75) is 37.8 Å². The number of aromatic nitrogens is 1. The fourth-order valence-corrected chi connectivity index (χ4v) is 2.48. The molecule has 0 bridgehead atoms. The molecule has 1 aromatic heterocycles. The Hall–Kier alpha value is -1.49. The van der Waals surface area contributed by atoms with Crippen molar-refractivity contribution < 1.29 is 9.53 Å². The normalized spacial score (nSPS) is 15.6. The Bertz CT molecular complexity index is 532. The first kappa shape index (κ1) is 15.9. The molecule has 4 nitrogen and oxygen atoms in total. The molecule has 0 aliphatic carbocycles. The molecule has 0 N–H and O–H groups in total. The molecule has 0 fully saturated rings. The molecule has 1 aliphatic rings. The van der Waals surface area contributed by atoms with E-state index in [1.165, 1.54) is 5.57 Å². The van der Waals surface area contributed by atoms with Crippen LogP contribution in [0, 0.1) is 0 Å². The third kappa shape index (κ3) is 4.49. The van der Waals surface area contributed by atoms with Crippen molar-refractivity contribution in [1.82, 2.24) is 9.88 Å². The van der Waals surface area contributed by atoms with E-state index in [9.17, 15) is 4.79 Å². The molecule has 2 heterocycles. The zero-order chi connectivity index (χ0) is 15.5. The van der Waals surface area contributed by atoms with Crippen molar-refractivity contribution in [3.63, 3.8) is 0 Å². The Morgan fingerprint density at radius 2 is 2.14 bits per heavy atom. The topological polar surface area (TPSA) is 42.4 Å². The molecule has 5 heteroatoms. The summed E-state index contributed by atoms with van der Waals surface area (Å²) in [6, 6.07) is 4.12. The zero-order valence-corrected chi connectivity index (χ0v) is 13.9. The van der Waals surface area contributed by atoms with Gasteiger partial charge in [0.25, 0.3) is 0 Å². The van der Waals surface area contributed by atoms with Crippen molar-refractivity contribution in [2.75, 3.05) is 19.3 Å². The van der Waals surface area contributed by atoms with Gasteiger partial charge in [0.05, 0.1) is 5.03 Å². The van der Waals surface area contributed by atoms with Gasteiger partial charge in [0, 0.05) is 19.3 Å². The number of ether oxygens (including phenoxy) is 1. The van der Waals surface area contributed by atoms with Gasteiger partial charge in [0.1, 0.15) is 5.60 Å². The largest absolute Gasteiger partial charge is 0.444 e. The van der Waals surface area contributed by atoms with Gasteiger partial charge in [-0.25, -0.2) is 9.78 Å². The lowest BCUT2D eigenvalue weighted by molar-refractivity contribution is 0.0270. The summed E-state index contributed by atoms with van der Waals surface area (Å²) < 4.78 is 5.39. The monoisotopic (exact) mass is 306 g/mol. The zero-order valence-electron chi connectivity index (χ0n) is 13.0. The van der Waals surface area contributed by atoms with Gasteiger partial charge in [-0.05, 0) is 50.7 Å². The second-order valence-electron chi connectivity index (χ2n) is 5.99. The minimum absolute atomic E-state index is 0.242. The Balaban J connectivity index is 1.99. The molecule has 21 heavy (non-hydrogen) atoms. The summed E-state index contributed by atoms with van der Waals surface area (Å²) in [5.41, 5.74) is 1.94. The van der Waals surface area contributed by atoms with Gasteiger partial charge in [0.2, 0.25) is 0 Å². The van der Waals surface area contributed by atoms with Gasteiger partial charge in [-0.15, -0.1) is 11.8 Å². The van der Waals surface area contributed by atoms with Gasteiger partial charge in [-0.3, -0.25) is 0 Å². The molecule has 114 valence electrons. The highest BCUT2D eigenvalue weighted by atomic mass is 32.2. The summed E-state index contributed by atoms with van der Waals surface area (Å²) in [4.78, 5) is 18.1. The molecule has 2 rings (SSSR count). The predicted molar refractivity (Wildman–Crippen MR) is 86.4 cm³/mol. The van der Waals surface area contributed by atoms with Crippen molar-refractivity contribution >= 4 is 23.4 Å². The van der Waals surface area contributed by atoms with Crippen LogP contribution in [0.15, 0.2) is 29.4 Å². The number of pyridine rings is 1. The Morgan fingerprint density at radius 1 is 1.38 bits per heavy atom. The average Bonchev–Trinajstić information content (AvgIpc) is 2.46. The highest BCUT2D eigenvalue weighted by Gasteiger charge is 2.23. The number of amides is 1. The van der Waals surface area contributed by atoms with Crippen LogP contribution in [0.3, 0.4) is 0 Å². The molecule has 0 saturated heterocycles. The number of nitrogens with zero attached hydrogens (tertiary/aromatic N) is 2. The maximum absolute atomic E-state index is 12.0. The number of carbonyl (C=O) groups is 1. The molecular weight excluding hydrogens is 284 g/mol. The van der Waals surface area contributed by atoms with Crippen molar-refractivity contribution in [3.05, 3.63) is 30.0 Å². The van der Waals surface area contributed by atoms with Crippen LogP contribution in [0.2, 0.25) is 0 Å². The van der Waals surface area contributed by atoms with Crippen LogP contribution < -0.4 is 0 Å². The van der Waals surface area contributed by atoms with Gasteiger partial charge in [0.15, 0.2) is 0 Å². The van der Waals surface area contributed by atoms with Crippen LogP contribution >= 0.6 is 11.8 Å². The van der Waals surface area contributed by atoms with Crippen LogP contribution in [0.5, 0.6) is 0 Å². The average molecular weight is 306 g/mol. The van der Waals surface area contributed by atoms with E-state index in [1.807, 2.05) is 39.3 Å². The highest BCUT2D eigenvalue weighted by Crippen LogP contribution is 2.24. The lowest BCUT2D eigenvalue weighted by Crippen LogP contribution is -2.39. The van der Waals surface area contributed by atoms with Gasteiger partial charge in [-0.1, -0.05) is 12.1 Å². The second-order valence-corrected chi connectivity index (χ2v) is 6.82. The van der Waals surface area contributed by atoms with E-state index in [4.69, 9.17) is 4.74 Å². The Kier molecular flexibility index (Phi) is 4.93. The van der Waals surface area contributed by atoms with Crippen molar-refractivity contribution in [2.24, 2.45) is 0 Å². The third-order valence-electron chi connectivity index (χ3n) is 3.18. The fraction of sp³-hybridized carbons (Fsp3) is 0.500. The number of thioether (sulfide) groups is 1. The van der Waals surface area contributed by atoms with E-state index in [1.54, 1.807) is 16.7 Å². The molecule has 0 unspecified atom stereocenters. The SMILES string of the molecule is CSc1ccc(C2=CCN(C(=O)OC(C)(C)C)CC2)cn1. The van der Waals surface area contributed by atoms with Gasteiger partial charge >= 0.3 is 6.09 Å². The minimum atomic E-state index is -0.446. The summed E-state index contributed by atoms with van der Waals surface area (Å²) in [7, 11) is 0. The molecule has 0 spiro atoms. The third-order valence-corrected chi connectivity index (χ3v) is 3.84. The van der Waals surface area contributed by atoms with Crippen LogP contribution in [-0.4, -0.2) is 40.9 Å². The van der Waals surface area contributed by atoms with E-state index < -0.39 is 5.60 Å². The molecule has 0 radical (unpaired) electrons.